The van der Waals surface area contributed by atoms with Gasteiger partial charge in [0.1, 0.15) is 0 Å². The molecule has 41 heavy (non-hydrogen) atoms. The number of rotatable bonds is 11. The minimum absolute atomic E-state index is 0.132. The first-order valence-corrected chi connectivity index (χ1v) is 15.7. The molecule has 0 saturated heterocycles. The van der Waals surface area contributed by atoms with Crippen LogP contribution in [0.2, 0.25) is 0 Å². The zero-order chi connectivity index (χ0) is 29.0. The molecule has 1 fully saturated rings. The van der Waals surface area contributed by atoms with Crippen molar-refractivity contribution in [3.63, 3.8) is 0 Å². The van der Waals surface area contributed by atoms with Crippen LogP contribution in [0, 0.1) is 11.3 Å². The number of benzene rings is 3. The topological polar surface area (TPSA) is 37.4 Å². The molecule has 5 rings (SSSR count). The third kappa shape index (κ3) is 6.41. The smallest absolute Gasteiger partial charge is 0.164 e. The zero-order valence-electron chi connectivity index (χ0n) is 25.5. The second kappa shape index (κ2) is 12.4. The van der Waals surface area contributed by atoms with Crippen LogP contribution in [-0.2, 0) is 11.8 Å². The number of nitrogens with zero attached hydrogens (tertiary/aromatic N) is 1. The van der Waals surface area contributed by atoms with Gasteiger partial charge < -0.3 is 4.90 Å². The Labute approximate surface area is 247 Å². The van der Waals surface area contributed by atoms with Gasteiger partial charge in [-0.15, -0.1) is 0 Å². The maximum atomic E-state index is 13.1. The Morgan fingerprint density at radius 3 is 1.98 bits per heavy atom. The van der Waals surface area contributed by atoms with Gasteiger partial charge in [-0.2, -0.15) is 0 Å². The van der Waals surface area contributed by atoms with Crippen molar-refractivity contribution < 1.29 is 9.59 Å². The van der Waals surface area contributed by atoms with E-state index in [1.807, 2.05) is 60.7 Å². The van der Waals surface area contributed by atoms with Crippen LogP contribution in [0.3, 0.4) is 0 Å². The van der Waals surface area contributed by atoms with E-state index in [9.17, 15) is 9.59 Å². The first-order valence-electron chi connectivity index (χ1n) is 15.7. The quantitative estimate of drug-likeness (QED) is 0.225. The second-order valence-electron chi connectivity index (χ2n) is 13.4. The van der Waals surface area contributed by atoms with E-state index in [4.69, 9.17) is 0 Å². The molecule has 3 nitrogen and oxygen atoms in total. The largest absolute Gasteiger partial charge is 0.302 e. The van der Waals surface area contributed by atoms with Gasteiger partial charge in [-0.1, -0.05) is 113 Å². The average molecular weight is 550 g/mol. The SMILES string of the molecule is CC(C)c1ccc2c(c1)CCC1C(C)(CN(CCC(=O)c3ccccc3)CCC(=O)c3ccccc3)CCCC21C. The third-order valence-electron chi connectivity index (χ3n) is 10.3. The van der Waals surface area contributed by atoms with Crippen molar-refractivity contribution in [2.75, 3.05) is 19.6 Å². The van der Waals surface area contributed by atoms with E-state index >= 15 is 0 Å². The molecule has 216 valence electrons. The molecule has 0 aliphatic heterocycles. The maximum Gasteiger partial charge on any atom is 0.164 e. The molecule has 0 spiro atoms. The summed E-state index contributed by atoms with van der Waals surface area (Å²) in [5.74, 6) is 1.49. The summed E-state index contributed by atoms with van der Waals surface area (Å²) < 4.78 is 0. The normalized spacial score (nSPS) is 23.7. The Balaban J connectivity index is 1.36. The summed E-state index contributed by atoms with van der Waals surface area (Å²) in [5, 5.41) is 0. The van der Waals surface area contributed by atoms with Crippen molar-refractivity contribution in [3.05, 3.63) is 107 Å². The van der Waals surface area contributed by atoms with Crippen LogP contribution in [0.5, 0.6) is 0 Å². The van der Waals surface area contributed by atoms with E-state index in [1.54, 1.807) is 11.1 Å². The van der Waals surface area contributed by atoms with Gasteiger partial charge in [0, 0.05) is 43.6 Å². The predicted molar refractivity (Wildman–Crippen MR) is 169 cm³/mol. The van der Waals surface area contributed by atoms with Crippen LogP contribution in [0.25, 0.3) is 0 Å². The molecule has 3 atom stereocenters. The van der Waals surface area contributed by atoms with Gasteiger partial charge in [-0.25, -0.2) is 0 Å². The Hall–Kier alpha value is -3.04. The van der Waals surface area contributed by atoms with Gasteiger partial charge in [-0.05, 0) is 65.0 Å². The molecule has 0 aromatic heterocycles. The fraction of sp³-hybridized carbons (Fsp3) is 0.474. The van der Waals surface area contributed by atoms with E-state index < -0.39 is 0 Å². The van der Waals surface area contributed by atoms with E-state index in [0.717, 1.165) is 24.1 Å². The number of aryl methyl sites for hydroxylation is 1. The molecule has 0 heterocycles. The van der Waals surface area contributed by atoms with Gasteiger partial charge in [0.15, 0.2) is 11.6 Å². The molecule has 2 aliphatic carbocycles. The monoisotopic (exact) mass is 549 g/mol. The van der Waals surface area contributed by atoms with Crippen molar-refractivity contribution >= 4 is 11.6 Å². The first-order chi connectivity index (χ1) is 19.7. The zero-order valence-corrected chi connectivity index (χ0v) is 25.5. The number of carbonyl (C=O) groups is 2. The molecular weight excluding hydrogens is 502 g/mol. The van der Waals surface area contributed by atoms with Crippen LogP contribution in [-0.4, -0.2) is 36.1 Å². The molecule has 0 radical (unpaired) electrons. The Morgan fingerprint density at radius 1 is 0.829 bits per heavy atom. The highest BCUT2D eigenvalue weighted by molar-refractivity contribution is 5.96. The summed E-state index contributed by atoms with van der Waals surface area (Å²) in [6.07, 6.45) is 6.95. The van der Waals surface area contributed by atoms with Gasteiger partial charge in [0.25, 0.3) is 0 Å². The van der Waals surface area contributed by atoms with Crippen molar-refractivity contribution in [3.8, 4) is 0 Å². The van der Waals surface area contributed by atoms with Crippen LogP contribution in [0.15, 0.2) is 78.9 Å². The van der Waals surface area contributed by atoms with Crippen molar-refractivity contribution in [2.24, 2.45) is 11.3 Å². The Kier molecular flexibility index (Phi) is 8.94. The highest BCUT2D eigenvalue weighted by Gasteiger charge is 2.52. The van der Waals surface area contributed by atoms with E-state index in [1.165, 1.54) is 31.2 Å². The molecule has 3 unspecified atom stereocenters. The molecule has 0 bridgehead atoms. The Bertz CT molecular complexity index is 1290. The van der Waals surface area contributed by atoms with Gasteiger partial charge in [-0.3, -0.25) is 9.59 Å². The lowest BCUT2D eigenvalue weighted by Crippen LogP contribution is -2.53. The highest BCUT2D eigenvalue weighted by Crippen LogP contribution is 2.57. The fourth-order valence-electron chi connectivity index (χ4n) is 8.03. The molecule has 3 aromatic rings. The summed E-state index contributed by atoms with van der Waals surface area (Å²) in [6.45, 7) is 11.9. The van der Waals surface area contributed by atoms with Crippen molar-refractivity contribution in [1.29, 1.82) is 0 Å². The molecule has 3 heteroatoms. The van der Waals surface area contributed by atoms with Crippen LogP contribution in [0.1, 0.15) is 110 Å². The van der Waals surface area contributed by atoms with Crippen LogP contribution < -0.4 is 0 Å². The molecular formula is C38H47NO2. The summed E-state index contributed by atoms with van der Waals surface area (Å²) in [5.41, 5.74) is 6.41. The van der Waals surface area contributed by atoms with E-state index in [2.05, 4.69) is 50.8 Å². The Morgan fingerprint density at radius 2 is 1.41 bits per heavy atom. The van der Waals surface area contributed by atoms with Crippen LogP contribution in [0.4, 0.5) is 0 Å². The summed E-state index contributed by atoms with van der Waals surface area (Å²) in [6, 6.07) is 26.5. The molecule has 0 N–H and O–H groups in total. The lowest BCUT2D eigenvalue weighted by atomic mass is 9.49. The molecule has 1 saturated carbocycles. The summed E-state index contributed by atoms with van der Waals surface area (Å²) in [4.78, 5) is 28.6. The second-order valence-corrected chi connectivity index (χ2v) is 13.4. The standard InChI is InChI=1S/C38H47NO2/c1-28(2)31-16-18-33-32(26-31)17-19-36-37(3,22-11-23-38(33,36)4)27-39(24-20-34(40)29-12-7-5-8-13-29)25-21-35(41)30-14-9-6-10-15-30/h5-10,12-16,18,26,28,36H,11,17,19-25,27H2,1-4H3. The minimum atomic E-state index is 0.132. The van der Waals surface area contributed by atoms with Gasteiger partial charge in [0.05, 0.1) is 0 Å². The number of ketones is 2. The number of hydrogen-bond donors (Lipinski definition) is 0. The van der Waals surface area contributed by atoms with Crippen molar-refractivity contribution in [2.45, 2.75) is 84.0 Å². The van der Waals surface area contributed by atoms with Crippen LogP contribution >= 0.6 is 0 Å². The van der Waals surface area contributed by atoms with E-state index in [0.29, 0.717) is 37.8 Å². The number of Topliss-reactive ketones (excluding diaryl/α,β-unsaturated/α-hetero) is 2. The number of fused-ring (bicyclic) bond motifs is 3. The number of hydrogen-bond acceptors (Lipinski definition) is 3. The lowest BCUT2D eigenvalue weighted by molar-refractivity contribution is -0.00343. The van der Waals surface area contributed by atoms with Gasteiger partial charge >= 0.3 is 0 Å². The minimum Gasteiger partial charge on any atom is -0.302 e. The fourth-order valence-corrected chi connectivity index (χ4v) is 8.03. The van der Waals surface area contributed by atoms with E-state index in [-0.39, 0.29) is 22.4 Å². The van der Waals surface area contributed by atoms with Gasteiger partial charge in [0.2, 0.25) is 0 Å². The predicted octanol–water partition coefficient (Wildman–Crippen LogP) is 8.67. The molecule has 2 aliphatic rings. The van der Waals surface area contributed by atoms with Crippen molar-refractivity contribution in [1.82, 2.24) is 4.90 Å². The third-order valence-corrected chi connectivity index (χ3v) is 10.3. The number of carbonyl (C=O) groups excluding carboxylic acids is 2. The summed E-state index contributed by atoms with van der Waals surface area (Å²) in [7, 11) is 0. The summed E-state index contributed by atoms with van der Waals surface area (Å²) >= 11 is 0. The average Bonchev–Trinajstić information content (AvgIpc) is 2.98. The highest BCUT2D eigenvalue weighted by atomic mass is 16.1. The molecule has 3 aromatic carbocycles. The molecule has 0 amide bonds. The maximum absolute atomic E-state index is 13.1. The lowest BCUT2D eigenvalue weighted by Gasteiger charge is -2.56. The first kappa shape index (κ1) is 29.5.